The van der Waals surface area contributed by atoms with Crippen LogP contribution < -0.4 is 5.32 Å². The zero-order valence-corrected chi connectivity index (χ0v) is 14.5. The molecule has 0 saturated carbocycles. The number of aryl methyl sites for hydroxylation is 3. The third-order valence-electron chi connectivity index (χ3n) is 4.28. The summed E-state index contributed by atoms with van der Waals surface area (Å²) in [6.07, 6.45) is 0. The van der Waals surface area contributed by atoms with E-state index in [9.17, 15) is 4.79 Å². The summed E-state index contributed by atoms with van der Waals surface area (Å²) in [7, 11) is 1.85. The molecule has 0 saturated heterocycles. The number of rotatable bonds is 4. The lowest BCUT2D eigenvalue weighted by Gasteiger charge is -2.13. The quantitative estimate of drug-likeness (QED) is 0.803. The maximum Gasteiger partial charge on any atom is 0.252 e. The van der Waals surface area contributed by atoms with Gasteiger partial charge in [-0.15, -0.1) is 0 Å². The number of amides is 1. The van der Waals surface area contributed by atoms with E-state index in [2.05, 4.69) is 34.5 Å². The summed E-state index contributed by atoms with van der Waals surface area (Å²) >= 11 is 0. The van der Waals surface area contributed by atoms with Gasteiger partial charge in [0.15, 0.2) is 5.65 Å². The summed E-state index contributed by atoms with van der Waals surface area (Å²) in [6.45, 7) is 6.50. The van der Waals surface area contributed by atoms with Crippen LogP contribution in [0.2, 0.25) is 0 Å². The fourth-order valence-electron chi connectivity index (χ4n) is 2.99. The van der Waals surface area contributed by atoms with Crippen LogP contribution in [0.1, 0.15) is 40.2 Å². The summed E-state index contributed by atoms with van der Waals surface area (Å²) in [5, 5.41) is 8.27. The number of fused-ring (bicyclic) bond motifs is 1. The molecular weight excluding hydrogens is 300 g/mol. The highest BCUT2D eigenvalue weighted by atomic mass is 16.1. The lowest BCUT2D eigenvalue weighted by molar-refractivity contribution is 0.0953. The Morgan fingerprint density at radius 1 is 1.25 bits per heavy atom. The normalized spacial score (nSPS) is 12.3. The minimum absolute atomic E-state index is 0.0793. The van der Waals surface area contributed by atoms with E-state index in [1.807, 2.05) is 45.2 Å². The number of pyridine rings is 1. The van der Waals surface area contributed by atoms with Gasteiger partial charge in [-0.25, -0.2) is 4.98 Å². The van der Waals surface area contributed by atoms with Crippen LogP contribution in [0.5, 0.6) is 0 Å². The standard InChI is InChI=1S/C19H22N4O/c1-12(15-8-6-5-7-9-15)11-20-19(24)16-10-13(2)21-18-17(16)14(3)22-23(18)4/h5-10,12H,11H2,1-4H3,(H,20,24). The number of carbonyl (C=O) groups is 1. The highest BCUT2D eigenvalue weighted by molar-refractivity contribution is 6.06. The molecule has 0 radical (unpaired) electrons. The monoisotopic (exact) mass is 322 g/mol. The number of hydrogen-bond acceptors (Lipinski definition) is 3. The Morgan fingerprint density at radius 3 is 2.67 bits per heavy atom. The molecule has 24 heavy (non-hydrogen) atoms. The van der Waals surface area contributed by atoms with E-state index in [4.69, 9.17) is 0 Å². The maximum absolute atomic E-state index is 12.7. The Hall–Kier alpha value is -2.69. The molecule has 2 heterocycles. The van der Waals surface area contributed by atoms with E-state index in [-0.39, 0.29) is 11.8 Å². The summed E-state index contributed by atoms with van der Waals surface area (Å²) in [5.74, 6) is 0.174. The average Bonchev–Trinajstić information content (AvgIpc) is 2.86. The van der Waals surface area contributed by atoms with Gasteiger partial charge in [0.25, 0.3) is 5.91 Å². The fourth-order valence-corrected chi connectivity index (χ4v) is 2.99. The highest BCUT2D eigenvalue weighted by Gasteiger charge is 2.18. The van der Waals surface area contributed by atoms with Crippen LogP contribution >= 0.6 is 0 Å². The van der Waals surface area contributed by atoms with E-state index in [0.717, 1.165) is 22.4 Å². The van der Waals surface area contributed by atoms with Crippen molar-refractivity contribution in [3.05, 3.63) is 58.9 Å². The summed E-state index contributed by atoms with van der Waals surface area (Å²) in [6, 6.07) is 12.0. The van der Waals surface area contributed by atoms with Crippen LogP contribution in [0.4, 0.5) is 0 Å². The summed E-state index contributed by atoms with van der Waals surface area (Å²) < 4.78 is 1.72. The maximum atomic E-state index is 12.7. The molecule has 1 aromatic carbocycles. The summed E-state index contributed by atoms with van der Waals surface area (Å²) in [4.78, 5) is 17.2. The first kappa shape index (κ1) is 16.2. The molecule has 0 spiro atoms. The van der Waals surface area contributed by atoms with Crippen LogP contribution in [-0.2, 0) is 7.05 Å². The van der Waals surface area contributed by atoms with Crippen molar-refractivity contribution in [3.63, 3.8) is 0 Å². The van der Waals surface area contributed by atoms with Crippen LogP contribution in [0.25, 0.3) is 11.0 Å². The summed E-state index contributed by atoms with van der Waals surface area (Å²) in [5.41, 5.74) is 4.23. The number of benzene rings is 1. The molecule has 5 nitrogen and oxygen atoms in total. The lowest BCUT2D eigenvalue weighted by atomic mass is 10.0. The molecule has 5 heteroatoms. The highest BCUT2D eigenvalue weighted by Crippen LogP contribution is 2.22. The number of nitrogens with one attached hydrogen (secondary N) is 1. The minimum atomic E-state index is -0.0793. The van der Waals surface area contributed by atoms with Gasteiger partial charge in [-0.05, 0) is 31.4 Å². The Labute approximate surface area is 141 Å². The van der Waals surface area contributed by atoms with Gasteiger partial charge in [0.1, 0.15) is 0 Å². The molecule has 1 N–H and O–H groups in total. The van der Waals surface area contributed by atoms with E-state index in [1.165, 1.54) is 5.56 Å². The molecule has 1 amide bonds. The number of carbonyl (C=O) groups excluding carboxylic acids is 1. The van der Waals surface area contributed by atoms with Crippen molar-refractivity contribution in [1.29, 1.82) is 0 Å². The van der Waals surface area contributed by atoms with E-state index < -0.39 is 0 Å². The van der Waals surface area contributed by atoms with Crippen LogP contribution in [0.3, 0.4) is 0 Å². The molecule has 124 valence electrons. The minimum Gasteiger partial charge on any atom is -0.351 e. The predicted octanol–water partition coefficient (Wildman–Crippen LogP) is 3.12. The Bertz CT molecular complexity index is 883. The van der Waals surface area contributed by atoms with Crippen molar-refractivity contribution >= 4 is 16.9 Å². The SMILES string of the molecule is Cc1cc(C(=O)NCC(C)c2ccccc2)c2c(C)nn(C)c2n1. The van der Waals surface area contributed by atoms with Crippen molar-refractivity contribution in [2.45, 2.75) is 26.7 Å². The largest absolute Gasteiger partial charge is 0.351 e. The molecule has 0 fully saturated rings. The Kier molecular flexibility index (Phi) is 4.34. The fraction of sp³-hybridized carbons (Fsp3) is 0.316. The second kappa shape index (κ2) is 6.43. The average molecular weight is 322 g/mol. The van der Waals surface area contributed by atoms with Gasteiger partial charge in [0.05, 0.1) is 16.6 Å². The zero-order valence-electron chi connectivity index (χ0n) is 14.5. The van der Waals surface area contributed by atoms with E-state index >= 15 is 0 Å². The van der Waals surface area contributed by atoms with Crippen LogP contribution in [-0.4, -0.2) is 27.2 Å². The lowest BCUT2D eigenvalue weighted by Crippen LogP contribution is -2.28. The molecule has 3 aromatic rings. The molecule has 0 aliphatic heterocycles. The molecule has 0 bridgehead atoms. The van der Waals surface area contributed by atoms with E-state index in [0.29, 0.717) is 12.1 Å². The Balaban J connectivity index is 1.84. The van der Waals surface area contributed by atoms with Crippen molar-refractivity contribution in [3.8, 4) is 0 Å². The molecule has 2 aromatic heterocycles. The van der Waals surface area contributed by atoms with Crippen LogP contribution in [0.15, 0.2) is 36.4 Å². The van der Waals surface area contributed by atoms with Crippen molar-refractivity contribution < 1.29 is 4.79 Å². The third kappa shape index (κ3) is 3.02. The van der Waals surface area contributed by atoms with Crippen molar-refractivity contribution in [2.24, 2.45) is 7.05 Å². The van der Waals surface area contributed by atoms with Gasteiger partial charge < -0.3 is 5.32 Å². The molecule has 1 unspecified atom stereocenters. The number of nitrogens with zero attached hydrogens (tertiary/aromatic N) is 3. The third-order valence-corrected chi connectivity index (χ3v) is 4.28. The molecule has 0 aliphatic carbocycles. The smallest absolute Gasteiger partial charge is 0.252 e. The van der Waals surface area contributed by atoms with Gasteiger partial charge >= 0.3 is 0 Å². The van der Waals surface area contributed by atoms with E-state index in [1.54, 1.807) is 4.68 Å². The first-order chi connectivity index (χ1) is 11.5. The van der Waals surface area contributed by atoms with Crippen LogP contribution in [0, 0.1) is 13.8 Å². The van der Waals surface area contributed by atoms with Gasteiger partial charge in [0.2, 0.25) is 0 Å². The molecular formula is C19H22N4O. The second-order valence-corrected chi connectivity index (χ2v) is 6.24. The molecule has 1 atom stereocenters. The molecule has 3 rings (SSSR count). The first-order valence-corrected chi connectivity index (χ1v) is 8.11. The van der Waals surface area contributed by atoms with Gasteiger partial charge in [0, 0.05) is 19.3 Å². The predicted molar refractivity (Wildman–Crippen MR) is 95.2 cm³/mol. The molecule has 0 aliphatic rings. The zero-order chi connectivity index (χ0) is 17.3. The number of aromatic nitrogens is 3. The van der Waals surface area contributed by atoms with Crippen molar-refractivity contribution in [1.82, 2.24) is 20.1 Å². The first-order valence-electron chi connectivity index (χ1n) is 8.11. The number of hydrogen-bond donors (Lipinski definition) is 1. The van der Waals surface area contributed by atoms with Gasteiger partial charge in [-0.1, -0.05) is 37.3 Å². The second-order valence-electron chi connectivity index (χ2n) is 6.24. The van der Waals surface area contributed by atoms with Gasteiger partial charge in [-0.3, -0.25) is 9.48 Å². The van der Waals surface area contributed by atoms with Gasteiger partial charge in [-0.2, -0.15) is 5.10 Å². The Morgan fingerprint density at radius 2 is 1.96 bits per heavy atom. The van der Waals surface area contributed by atoms with Crippen molar-refractivity contribution in [2.75, 3.05) is 6.54 Å². The topological polar surface area (TPSA) is 59.8 Å².